The number of hydrogen-bond acceptors (Lipinski definition) is 3. The third-order valence-corrected chi connectivity index (χ3v) is 4.40. The van der Waals surface area contributed by atoms with Crippen LogP contribution in [-0.4, -0.2) is 26.6 Å². The predicted molar refractivity (Wildman–Crippen MR) is 95.7 cm³/mol. The number of aryl methyl sites for hydroxylation is 1. The van der Waals surface area contributed by atoms with Gasteiger partial charge in [0.2, 0.25) is 0 Å². The fourth-order valence-electron chi connectivity index (χ4n) is 3.15. The van der Waals surface area contributed by atoms with Gasteiger partial charge in [0.1, 0.15) is 0 Å². The lowest BCUT2D eigenvalue weighted by Crippen LogP contribution is -2.24. The summed E-state index contributed by atoms with van der Waals surface area (Å²) < 4.78 is 1.85. The van der Waals surface area contributed by atoms with Crippen molar-refractivity contribution in [3.63, 3.8) is 0 Å². The van der Waals surface area contributed by atoms with Crippen molar-refractivity contribution in [1.29, 1.82) is 0 Å². The number of aromatic nitrogens is 3. The number of carbonyl (C=O) groups excluding carboxylic acids is 1. The summed E-state index contributed by atoms with van der Waals surface area (Å²) in [5, 5.41) is 5.50. The van der Waals surface area contributed by atoms with Crippen LogP contribution < -0.4 is 11.5 Å². The van der Waals surface area contributed by atoms with E-state index >= 15 is 0 Å². The second-order valence-electron chi connectivity index (χ2n) is 6.27. The Hall–Kier alpha value is -3.22. The molecule has 3 aromatic rings. The molecule has 1 aromatic carbocycles. The largest absolute Gasteiger partial charge is 0.370 e. The molecule has 4 rings (SSSR count). The Morgan fingerprint density at radius 1 is 1.28 bits per heavy atom. The van der Waals surface area contributed by atoms with Gasteiger partial charge < -0.3 is 11.5 Å². The van der Waals surface area contributed by atoms with Gasteiger partial charge in [-0.05, 0) is 43.5 Å². The van der Waals surface area contributed by atoms with E-state index in [-0.39, 0.29) is 5.96 Å². The minimum atomic E-state index is -0.454. The minimum absolute atomic E-state index is 0.245. The van der Waals surface area contributed by atoms with Gasteiger partial charge in [0.25, 0.3) is 5.91 Å². The molecule has 0 spiro atoms. The number of benzene rings is 1. The molecule has 1 amide bonds. The van der Waals surface area contributed by atoms with Crippen LogP contribution in [0.15, 0.2) is 41.7 Å². The number of hydrogen-bond donors (Lipinski definition) is 2. The monoisotopic (exact) mass is 334 g/mol. The van der Waals surface area contributed by atoms with E-state index in [1.807, 2.05) is 35.9 Å². The number of fused-ring (bicyclic) bond motifs is 1. The van der Waals surface area contributed by atoms with Gasteiger partial charge in [-0.3, -0.25) is 9.78 Å². The molecule has 0 aliphatic heterocycles. The molecule has 126 valence electrons. The van der Waals surface area contributed by atoms with E-state index in [1.54, 1.807) is 12.4 Å². The van der Waals surface area contributed by atoms with Gasteiger partial charge >= 0.3 is 0 Å². The molecule has 2 heterocycles. The van der Waals surface area contributed by atoms with Gasteiger partial charge in [0.05, 0.1) is 28.7 Å². The first kappa shape index (κ1) is 15.3. The van der Waals surface area contributed by atoms with Crippen molar-refractivity contribution >= 4 is 22.8 Å². The molecule has 1 aliphatic rings. The molecule has 0 atom stereocenters. The Bertz CT molecular complexity index is 1010. The first-order valence-electron chi connectivity index (χ1n) is 8.13. The Morgan fingerprint density at radius 2 is 2.08 bits per heavy atom. The summed E-state index contributed by atoms with van der Waals surface area (Å²) in [7, 11) is 0. The van der Waals surface area contributed by atoms with Gasteiger partial charge in [-0.15, -0.1) is 0 Å². The van der Waals surface area contributed by atoms with E-state index in [2.05, 4.69) is 15.1 Å². The lowest BCUT2D eigenvalue weighted by atomic mass is 10.1. The Labute approximate surface area is 144 Å². The molecule has 25 heavy (non-hydrogen) atoms. The number of carbonyl (C=O) groups is 1. The van der Waals surface area contributed by atoms with Crippen molar-refractivity contribution in [2.45, 2.75) is 25.7 Å². The van der Waals surface area contributed by atoms with Crippen LogP contribution in [0, 0.1) is 6.92 Å². The molecule has 2 aromatic heterocycles. The maximum atomic E-state index is 12.4. The summed E-state index contributed by atoms with van der Waals surface area (Å²) >= 11 is 0. The molecular weight excluding hydrogens is 316 g/mol. The number of amides is 1. The molecule has 0 saturated heterocycles. The highest BCUT2D eigenvalue weighted by molar-refractivity contribution is 6.03. The zero-order valence-corrected chi connectivity index (χ0v) is 13.8. The van der Waals surface area contributed by atoms with Crippen LogP contribution in [0.5, 0.6) is 0 Å². The minimum Gasteiger partial charge on any atom is -0.370 e. The Morgan fingerprint density at radius 3 is 2.80 bits per heavy atom. The number of nitrogens with two attached hydrogens (primary N) is 2. The fourth-order valence-corrected chi connectivity index (χ4v) is 3.15. The van der Waals surface area contributed by atoms with Crippen molar-refractivity contribution in [2.24, 2.45) is 16.5 Å². The van der Waals surface area contributed by atoms with Crippen LogP contribution in [0.1, 0.15) is 40.4 Å². The average molecular weight is 334 g/mol. The van der Waals surface area contributed by atoms with Crippen molar-refractivity contribution in [3.05, 3.63) is 53.5 Å². The molecule has 7 nitrogen and oxygen atoms in total. The molecular formula is C18H18N6O. The summed E-state index contributed by atoms with van der Waals surface area (Å²) in [6, 6.07) is 7.91. The van der Waals surface area contributed by atoms with E-state index in [4.69, 9.17) is 11.5 Å². The molecule has 0 bridgehead atoms. The van der Waals surface area contributed by atoms with Gasteiger partial charge in [-0.25, -0.2) is 4.68 Å². The zero-order chi connectivity index (χ0) is 17.6. The second kappa shape index (κ2) is 5.70. The van der Waals surface area contributed by atoms with Crippen molar-refractivity contribution < 1.29 is 4.79 Å². The quantitative estimate of drug-likeness (QED) is 0.562. The topological polar surface area (TPSA) is 112 Å². The van der Waals surface area contributed by atoms with Gasteiger partial charge in [-0.1, -0.05) is 6.07 Å². The molecule has 7 heteroatoms. The number of guanidine groups is 1. The molecule has 0 unspecified atom stereocenters. The lowest BCUT2D eigenvalue weighted by molar-refractivity contribution is 0.100. The second-order valence-corrected chi connectivity index (χ2v) is 6.27. The molecule has 1 saturated carbocycles. The predicted octanol–water partition coefficient (Wildman–Crippen LogP) is 2.02. The number of pyridine rings is 1. The summed E-state index contributed by atoms with van der Waals surface area (Å²) in [6.07, 6.45) is 5.36. The van der Waals surface area contributed by atoms with E-state index in [0.29, 0.717) is 11.5 Å². The molecule has 1 aliphatic carbocycles. The van der Waals surface area contributed by atoms with E-state index in [9.17, 15) is 4.79 Å². The smallest absolute Gasteiger partial charge is 0.283 e. The lowest BCUT2D eigenvalue weighted by Gasteiger charge is -2.13. The van der Waals surface area contributed by atoms with Gasteiger partial charge in [0.15, 0.2) is 5.96 Å². The molecule has 1 fully saturated rings. The molecule has 4 N–H and O–H groups in total. The number of aliphatic imine (C=N–C) groups is 1. The van der Waals surface area contributed by atoms with Crippen molar-refractivity contribution in [2.75, 3.05) is 0 Å². The maximum absolute atomic E-state index is 12.4. The van der Waals surface area contributed by atoms with Gasteiger partial charge in [-0.2, -0.15) is 10.1 Å². The normalized spacial score (nSPS) is 13.8. The zero-order valence-electron chi connectivity index (χ0n) is 13.8. The summed E-state index contributed by atoms with van der Waals surface area (Å²) in [5.74, 6) is -0.406. The molecule has 0 radical (unpaired) electrons. The van der Waals surface area contributed by atoms with Crippen LogP contribution in [0.25, 0.3) is 16.6 Å². The third kappa shape index (κ3) is 2.63. The highest BCUT2D eigenvalue weighted by Crippen LogP contribution is 2.43. The van der Waals surface area contributed by atoms with E-state index < -0.39 is 5.91 Å². The van der Waals surface area contributed by atoms with Crippen LogP contribution >= 0.6 is 0 Å². The first-order chi connectivity index (χ1) is 12.1. The van der Waals surface area contributed by atoms with Crippen LogP contribution in [0.2, 0.25) is 0 Å². The highest BCUT2D eigenvalue weighted by Gasteiger charge is 2.33. The first-order valence-corrected chi connectivity index (χ1v) is 8.13. The number of rotatable bonds is 3. The Balaban J connectivity index is 1.96. The van der Waals surface area contributed by atoms with Crippen molar-refractivity contribution in [1.82, 2.24) is 14.8 Å². The van der Waals surface area contributed by atoms with Crippen molar-refractivity contribution in [3.8, 4) is 5.69 Å². The van der Waals surface area contributed by atoms with E-state index in [1.165, 1.54) is 0 Å². The average Bonchev–Trinajstić information content (AvgIpc) is 3.33. The SMILES string of the molecule is Cc1ccc2ncccc2c1-n1ncc(C(=O)N=C(N)N)c1C1CC1. The Kier molecular flexibility index (Phi) is 3.49. The standard InChI is InChI=1S/C18H18N6O/c1-10-4-7-14-12(3-2-8-21-14)15(10)24-16(11-5-6-11)13(9-22-24)17(25)23-18(19)20/h2-4,7-9,11H,5-6H2,1H3,(H4,19,20,23,25). The fraction of sp³-hybridized carbons (Fsp3) is 0.222. The maximum Gasteiger partial charge on any atom is 0.283 e. The number of nitrogens with zero attached hydrogens (tertiary/aromatic N) is 4. The van der Waals surface area contributed by atoms with Crippen LogP contribution in [0.4, 0.5) is 0 Å². The van der Waals surface area contributed by atoms with Gasteiger partial charge in [0, 0.05) is 17.5 Å². The summed E-state index contributed by atoms with van der Waals surface area (Å²) in [5.41, 5.74) is 14.9. The van der Waals surface area contributed by atoms with E-state index in [0.717, 1.165) is 40.7 Å². The van der Waals surface area contributed by atoms with Crippen LogP contribution in [0.3, 0.4) is 0 Å². The third-order valence-electron chi connectivity index (χ3n) is 4.40. The summed E-state index contributed by atoms with van der Waals surface area (Å²) in [6.45, 7) is 2.03. The summed E-state index contributed by atoms with van der Waals surface area (Å²) in [4.78, 5) is 20.5. The highest BCUT2D eigenvalue weighted by atomic mass is 16.1. The van der Waals surface area contributed by atoms with Crippen LogP contribution in [-0.2, 0) is 0 Å².